The number of carbonyl (C=O) groups excluding carboxylic acids is 1. The molecule has 0 aromatic rings. The molecule has 0 bridgehead atoms. The summed E-state index contributed by atoms with van der Waals surface area (Å²) >= 11 is 0. The van der Waals surface area contributed by atoms with Crippen LogP contribution in [-0.2, 0) is 9.53 Å². The molecule has 2 aliphatic rings. The number of ether oxygens (including phenoxy) is 1. The fourth-order valence-electron chi connectivity index (χ4n) is 3.05. The molecule has 1 unspecified atom stereocenters. The molecule has 1 aliphatic carbocycles. The molecule has 2 rings (SSSR count). The Morgan fingerprint density at radius 3 is 2.80 bits per heavy atom. The number of rotatable bonds is 6. The van der Waals surface area contributed by atoms with Crippen molar-refractivity contribution in [1.29, 1.82) is 0 Å². The molecule has 4 nitrogen and oxygen atoms in total. The van der Waals surface area contributed by atoms with Crippen molar-refractivity contribution in [2.24, 2.45) is 0 Å². The van der Waals surface area contributed by atoms with Crippen LogP contribution in [0.4, 0.5) is 0 Å². The third kappa shape index (κ3) is 3.61. The molecule has 0 saturated heterocycles. The zero-order valence-corrected chi connectivity index (χ0v) is 12.3. The summed E-state index contributed by atoms with van der Waals surface area (Å²) in [7, 11) is 0. The summed E-state index contributed by atoms with van der Waals surface area (Å²) in [5, 5.41) is 20.2. The Labute approximate surface area is 120 Å². The number of carbonyl (C=O) groups is 1. The van der Waals surface area contributed by atoms with Gasteiger partial charge in [-0.3, -0.25) is 4.79 Å². The second kappa shape index (κ2) is 7.23. The Balaban J connectivity index is 1.89. The number of unbranched alkanes of at least 4 members (excludes halogenated alkanes) is 3. The standard InChI is InChI=1S/C16H26O4/c1-2-3-4-5-6-13(18)15-10-7-11-12(17)8-9-14(19)16(11)20-15/h13-15,18-19H,2-10H2,1H3/t13?,14-,15+/m1/s1. The highest BCUT2D eigenvalue weighted by Crippen LogP contribution is 2.34. The van der Waals surface area contributed by atoms with E-state index in [4.69, 9.17) is 4.74 Å². The summed E-state index contributed by atoms with van der Waals surface area (Å²) < 4.78 is 5.75. The van der Waals surface area contributed by atoms with Crippen molar-refractivity contribution in [2.75, 3.05) is 0 Å². The average molecular weight is 282 g/mol. The lowest BCUT2D eigenvalue weighted by atomic mass is 9.87. The third-order valence-corrected chi connectivity index (χ3v) is 4.32. The van der Waals surface area contributed by atoms with Gasteiger partial charge in [-0.15, -0.1) is 0 Å². The first kappa shape index (κ1) is 15.5. The van der Waals surface area contributed by atoms with Gasteiger partial charge in [0.1, 0.15) is 18.0 Å². The largest absolute Gasteiger partial charge is 0.489 e. The Kier molecular flexibility index (Phi) is 5.61. The predicted octanol–water partition coefficient (Wildman–Crippen LogP) is 2.47. The van der Waals surface area contributed by atoms with Crippen molar-refractivity contribution >= 4 is 5.78 Å². The van der Waals surface area contributed by atoms with E-state index in [0.717, 1.165) is 19.3 Å². The Morgan fingerprint density at radius 1 is 1.25 bits per heavy atom. The maximum atomic E-state index is 11.8. The maximum Gasteiger partial charge on any atom is 0.162 e. The lowest BCUT2D eigenvalue weighted by Crippen LogP contribution is -2.37. The number of Topliss-reactive ketones (excluding diaryl/α,β-unsaturated/α-hetero) is 1. The topological polar surface area (TPSA) is 66.8 Å². The van der Waals surface area contributed by atoms with E-state index >= 15 is 0 Å². The number of aliphatic hydroxyl groups is 2. The van der Waals surface area contributed by atoms with Crippen molar-refractivity contribution in [3.05, 3.63) is 11.3 Å². The van der Waals surface area contributed by atoms with E-state index in [2.05, 4.69) is 6.92 Å². The van der Waals surface area contributed by atoms with Gasteiger partial charge in [-0.2, -0.15) is 0 Å². The Morgan fingerprint density at radius 2 is 2.05 bits per heavy atom. The average Bonchev–Trinajstić information content (AvgIpc) is 2.47. The molecule has 2 N–H and O–H groups in total. The number of ketones is 1. The molecule has 0 spiro atoms. The highest BCUT2D eigenvalue weighted by molar-refractivity contribution is 5.97. The molecule has 0 radical (unpaired) electrons. The number of hydrogen-bond donors (Lipinski definition) is 2. The van der Waals surface area contributed by atoms with Crippen LogP contribution < -0.4 is 0 Å². The molecule has 4 heteroatoms. The summed E-state index contributed by atoms with van der Waals surface area (Å²) in [5.41, 5.74) is 0.651. The van der Waals surface area contributed by atoms with Crippen LogP contribution in [0, 0.1) is 0 Å². The third-order valence-electron chi connectivity index (χ3n) is 4.32. The lowest BCUT2D eigenvalue weighted by Gasteiger charge is -2.35. The van der Waals surface area contributed by atoms with Gasteiger partial charge in [0.25, 0.3) is 0 Å². The van der Waals surface area contributed by atoms with Crippen LogP contribution in [0.1, 0.15) is 64.7 Å². The highest BCUT2D eigenvalue weighted by atomic mass is 16.5. The van der Waals surface area contributed by atoms with Gasteiger partial charge in [0.05, 0.1) is 6.10 Å². The SMILES string of the molecule is CCCCCCC(O)[C@@H]1CCC2=C(O1)[C@H](O)CCC2=O. The highest BCUT2D eigenvalue weighted by Gasteiger charge is 2.36. The summed E-state index contributed by atoms with van der Waals surface area (Å²) in [5.74, 6) is 0.534. The molecule has 1 aliphatic heterocycles. The fourth-order valence-corrected chi connectivity index (χ4v) is 3.05. The normalized spacial score (nSPS) is 28.1. The monoisotopic (exact) mass is 282 g/mol. The first-order valence-corrected chi connectivity index (χ1v) is 7.92. The van der Waals surface area contributed by atoms with E-state index in [1.807, 2.05) is 0 Å². The second-order valence-corrected chi connectivity index (χ2v) is 5.93. The zero-order chi connectivity index (χ0) is 14.5. The van der Waals surface area contributed by atoms with Gasteiger partial charge in [0.15, 0.2) is 5.78 Å². The van der Waals surface area contributed by atoms with Gasteiger partial charge in [0, 0.05) is 12.0 Å². The van der Waals surface area contributed by atoms with E-state index in [0.29, 0.717) is 37.0 Å². The van der Waals surface area contributed by atoms with Crippen molar-refractivity contribution in [3.8, 4) is 0 Å². The fraction of sp³-hybridized carbons (Fsp3) is 0.812. The van der Waals surface area contributed by atoms with Crippen LogP contribution in [0.2, 0.25) is 0 Å². The van der Waals surface area contributed by atoms with Gasteiger partial charge >= 0.3 is 0 Å². The molecule has 1 heterocycles. The number of aliphatic hydroxyl groups excluding tert-OH is 2. The molecule has 0 fully saturated rings. The molecule has 0 amide bonds. The van der Waals surface area contributed by atoms with E-state index in [9.17, 15) is 15.0 Å². The van der Waals surface area contributed by atoms with Crippen LogP contribution in [0.3, 0.4) is 0 Å². The summed E-state index contributed by atoms with van der Waals surface area (Å²) in [6.07, 6.45) is 5.97. The van der Waals surface area contributed by atoms with Gasteiger partial charge in [0.2, 0.25) is 0 Å². The molecule has 0 saturated carbocycles. The first-order chi connectivity index (χ1) is 9.63. The van der Waals surface area contributed by atoms with Crippen molar-refractivity contribution in [1.82, 2.24) is 0 Å². The molecule has 0 aromatic heterocycles. The van der Waals surface area contributed by atoms with Gasteiger partial charge in [-0.05, 0) is 25.7 Å². The van der Waals surface area contributed by atoms with Crippen molar-refractivity contribution < 1.29 is 19.7 Å². The summed E-state index contributed by atoms with van der Waals surface area (Å²) in [6.45, 7) is 2.16. The van der Waals surface area contributed by atoms with Crippen molar-refractivity contribution in [2.45, 2.75) is 83.0 Å². The van der Waals surface area contributed by atoms with Crippen LogP contribution in [-0.4, -0.2) is 34.3 Å². The maximum absolute atomic E-state index is 11.8. The number of hydrogen-bond acceptors (Lipinski definition) is 4. The zero-order valence-electron chi connectivity index (χ0n) is 12.3. The smallest absolute Gasteiger partial charge is 0.162 e. The van der Waals surface area contributed by atoms with E-state index < -0.39 is 12.2 Å². The molecular formula is C16H26O4. The quantitative estimate of drug-likeness (QED) is 0.734. The van der Waals surface area contributed by atoms with Crippen LogP contribution in [0.5, 0.6) is 0 Å². The molecule has 114 valence electrons. The minimum Gasteiger partial charge on any atom is -0.489 e. The predicted molar refractivity (Wildman–Crippen MR) is 76.1 cm³/mol. The number of allylic oxidation sites excluding steroid dienone is 1. The van der Waals surface area contributed by atoms with Crippen LogP contribution in [0.25, 0.3) is 0 Å². The molecule has 3 atom stereocenters. The van der Waals surface area contributed by atoms with E-state index in [1.54, 1.807) is 0 Å². The van der Waals surface area contributed by atoms with Crippen LogP contribution in [0.15, 0.2) is 11.3 Å². The van der Waals surface area contributed by atoms with E-state index in [1.165, 1.54) is 12.8 Å². The first-order valence-electron chi connectivity index (χ1n) is 7.92. The summed E-state index contributed by atoms with van der Waals surface area (Å²) in [4.78, 5) is 11.8. The molecule has 20 heavy (non-hydrogen) atoms. The van der Waals surface area contributed by atoms with Crippen LogP contribution >= 0.6 is 0 Å². The molecular weight excluding hydrogens is 256 g/mol. The second-order valence-electron chi connectivity index (χ2n) is 5.93. The van der Waals surface area contributed by atoms with Gasteiger partial charge < -0.3 is 14.9 Å². The van der Waals surface area contributed by atoms with Gasteiger partial charge in [-0.25, -0.2) is 0 Å². The van der Waals surface area contributed by atoms with Crippen molar-refractivity contribution in [3.63, 3.8) is 0 Å². The summed E-state index contributed by atoms with van der Waals surface area (Å²) in [6, 6.07) is 0. The van der Waals surface area contributed by atoms with Gasteiger partial charge in [-0.1, -0.05) is 32.6 Å². The minimum atomic E-state index is -0.669. The minimum absolute atomic E-state index is 0.0983. The van der Waals surface area contributed by atoms with E-state index in [-0.39, 0.29) is 11.9 Å². The Bertz CT molecular complexity index is 375. The Hall–Kier alpha value is -0.870. The molecule has 0 aromatic carbocycles. The lowest BCUT2D eigenvalue weighted by molar-refractivity contribution is -0.120.